The van der Waals surface area contributed by atoms with Gasteiger partial charge in [-0.25, -0.2) is 9.37 Å². The average molecular weight is 510 g/mol. The molecule has 0 amide bonds. The Balaban J connectivity index is 1.76. The molecule has 0 bridgehead atoms. The predicted octanol–water partition coefficient (Wildman–Crippen LogP) is 5.17. The van der Waals surface area contributed by atoms with Gasteiger partial charge in [0.25, 0.3) is 0 Å². The van der Waals surface area contributed by atoms with E-state index in [0.29, 0.717) is 22.0 Å². The van der Waals surface area contributed by atoms with Crippen LogP contribution in [0, 0.1) is 11.7 Å². The van der Waals surface area contributed by atoms with Gasteiger partial charge in [0.05, 0.1) is 25.1 Å². The number of nitrogens with zero attached hydrogens (tertiary/aromatic N) is 2. The van der Waals surface area contributed by atoms with Gasteiger partial charge < -0.3 is 14.4 Å². The number of Topliss-reactive ketones (excluding diaryl/α,β-unsaturated/α-hetero) is 1. The Morgan fingerprint density at radius 2 is 2.16 bits per heavy atom. The van der Waals surface area contributed by atoms with E-state index in [9.17, 15) is 4.79 Å². The maximum atomic E-state index is 15.7. The van der Waals surface area contributed by atoms with Crippen molar-refractivity contribution < 1.29 is 19.0 Å². The molecule has 31 heavy (non-hydrogen) atoms. The van der Waals surface area contributed by atoms with E-state index in [-0.39, 0.29) is 48.7 Å². The number of benzene rings is 2. The molecule has 0 spiro atoms. The third-order valence-electron chi connectivity index (χ3n) is 5.79. The Morgan fingerprint density at radius 3 is 2.84 bits per heavy atom. The lowest BCUT2D eigenvalue weighted by Gasteiger charge is -2.25. The SMILES string of the molecule is O=C(COCCO)c1cc2c(ncn2CC2CCC2)c(F)c1Cc1ccc(Br)cc1Cl. The Labute approximate surface area is 193 Å². The monoisotopic (exact) mass is 508 g/mol. The molecule has 5 nitrogen and oxygen atoms in total. The highest BCUT2D eigenvalue weighted by molar-refractivity contribution is 9.10. The molecule has 164 valence electrons. The van der Waals surface area contributed by atoms with Gasteiger partial charge in [0.1, 0.15) is 12.1 Å². The maximum absolute atomic E-state index is 15.7. The van der Waals surface area contributed by atoms with Crippen LogP contribution in [0.4, 0.5) is 4.39 Å². The van der Waals surface area contributed by atoms with Gasteiger partial charge in [0.2, 0.25) is 0 Å². The third-order valence-corrected chi connectivity index (χ3v) is 6.63. The van der Waals surface area contributed by atoms with E-state index in [1.54, 1.807) is 18.5 Å². The standard InChI is InChI=1S/C23H23BrClFN2O3/c24-16-5-4-15(19(25)9-16)8-18-17(21(30)12-31-7-6-29)10-20-23(22(18)26)27-13-28(20)11-14-2-1-3-14/h4-5,9-10,13-14,29H,1-3,6-8,11-12H2. The van der Waals surface area contributed by atoms with Crippen molar-refractivity contribution in [3.8, 4) is 0 Å². The fraction of sp³-hybridized carbons (Fsp3) is 0.391. The van der Waals surface area contributed by atoms with Crippen LogP contribution in [0.5, 0.6) is 0 Å². The zero-order chi connectivity index (χ0) is 22.0. The molecular formula is C23H23BrClFN2O3. The van der Waals surface area contributed by atoms with Gasteiger partial charge in [-0.15, -0.1) is 0 Å². The number of aliphatic hydroxyl groups is 1. The molecular weight excluding hydrogens is 487 g/mol. The summed E-state index contributed by atoms with van der Waals surface area (Å²) in [6, 6.07) is 7.10. The molecule has 4 rings (SSSR count). The van der Waals surface area contributed by atoms with Crippen molar-refractivity contribution in [1.82, 2.24) is 9.55 Å². The molecule has 1 aliphatic carbocycles. The fourth-order valence-electron chi connectivity index (χ4n) is 3.88. The lowest BCUT2D eigenvalue weighted by molar-refractivity contribution is 0.0663. The number of hydrogen-bond donors (Lipinski definition) is 1. The molecule has 0 atom stereocenters. The first-order valence-corrected chi connectivity index (χ1v) is 11.5. The smallest absolute Gasteiger partial charge is 0.188 e. The second kappa shape index (κ2) is 9.77. The molecule has 0 unspecified atom stereocenters. The van der Waals surface area contributed by atoms with Crippen molar-refractivity contribution in [2.45, 2.75) is 32.2 Å². The number of imidazole rings is 1. The largest absolute Gasteiger partial charge is 0.394 e. The van der Waals surface area contributed by atoms with Crippen LogP contribution in [0.15, 0.2) is 35.1 Å². The van der Waals surface area contributed by atoms with Gasteiger partial charge in [-0.05, 0) is 42.5 Å². The summed E-state index contributed by atoms with van der Waals surface area (Å²) in [6.45, 7) is 0.395. The van der Waals surface area contributed by atoms with Crippen LogP contribution in [-0.2, 0) is 17.7 Å². The van der Waals surface area contributed by atoms with Crippen molar-refractivity contribution in [3.63, 3.8) is 0 Å². The molecule has 3 aromatic rings. The minimum absolute atomic E-state index is 0.0456. The van der Waals surface area contributed by atoms with Crippen LogP contribution >= 0.6 is 27.5 Å². The number of hydrogen-bond acceptors (Lipinski definition) is 4. The normalized spacial score (nSPS) is 14.2. The van der Waals surface area contributed by atoms with Gasteiger partial charge in [0, 0.05) is 33.6 Å². The molecule has 0 saturated heterocycles. The van der Waals surface area contributed by atoms with E-state index in [1.807, 2.05) is 16.7 Å². The summed E-state index contributed by atoms with van der Waals surface area (Å²) in [5.74, 6) is -0.281. The molecule has 0 aliphatic heterocycles. The van der Waals surface area contributed by atoms with Gasteiger partial charge in [-0.1, -0.05) is 40.0 Å². The fourth-order valence-corrected chi connectivity index (χ4v) is 4.62. The highest BCUT2D eigenvalue weighted by Gasteiger charge is 2.24. The van der Waals surface area contributed by atoms with E-state index in [2.05, 4.69) is 20.9 Å². The summed E-state index contributed by atoms with van der Waals surface area (Å²) in [7, 11) is 0. The molecule has 1 aromatic heterocycles. The van der Waals surface area contributed by atoms with Crippen LogP contribution in [0.1, 0.15) is 40.7 Å². The van der Waals surface area contributed by atoms with Gasteiger partial charge in [-0.2, -0.15) is 0 Å². The summed E-state index contributed by atoms with van der Waals surface area (Å²) in [5, 5.41) is 9.42. The number of halogens is 3. The van der Waals surface area contributed by atoms with E-state index in [0.717, 1.165) is 23.9 Å². The second-order valence-corrected chi connectivity index (χ2v) is 9.21. The van der Waals surface area contributed by atoms with Gasteiger partial charge in [0.15, 0.2) is 11.6 Å². The zero-order valence-corrected chi connectivity index (χ0v) is 19.3. The van der Waals surface area contributed by atoms with Crippen molar-refractivity contribution >= 4 is 44.3 Å². The average Bonchev–Trinajstić information content (AvgIpc) is 3.11. The number of carbonyl (C=O) groups is 1. The maximum Gasteiger partial charge on any atom is 0.188 e. The van der Waals surface area contributed by atoms with E-state index in [4.69, 9.17) is 21.4 Å². The van der Waals surface area contributed by atoms with Gasteiger partial charge >= 0.3 is 0 Å². The molecule has 1 fully saturated rings. The van der Waals surface area contributed by atoms with Crippen LogP contribution in [0.3, 0.4) is 0 Å². The Morgan fingerprint density at radius 1 is 1.35 bits per heavy atom. The second-order valence-electron chi connectivity index (χ2n) is 7.89. The van der Waals surface area contributed by atoms with Crippen LogP contribution < -0.4 is 0 Å². The number of rotatable bonds is 9. The van der Waals surface area contributed by atoms with E-state index in [1.165, 1.54) is 6.42 Å². The highest BCUT2D eigenvalue weighted by atomic mass is 79.9. The number of ether oxygens (including phenoxy) is 1. The Kier molecular flexibility index (Phi) is 7.06. The van der Waals surface area contributed by atoms with Crippen LogP contribution in [0.2, 0.25) is 5.02 Å². The number of aliphatic hydroxyl groups excluding tert-OH is 1. The summed E-state index contributed by atoms with van der Waals surface area (Å²) >= 11 is 9.73. The Bertz CT molecular complexity index is 1110. The Hall–Kier alpha value is -1.80. The topological polar surface area (TPSA) is 64.3 Å². The first kappa shape index (κ1) is 22.4. The first-order valence-electron chi connectivity index (χ1n) is 10.3. The molecule has 1 heterocycles. The van der Waals surface area contributed by atoms with Crippen molar-refractivity contribution in [2.24, 2.45) is 5.92 Å². The molecule has 8 heteroatoms. The summed E-state index contributed by atoms with van der Waals surface area (Å²) in [4.78, 5) is 17.3. The minimum Gasteiger partial charge on any atom is -0.394 e. The highest BCUT2D eigenvalue weighted by Crippen LogP contribution is 2.32. The summed E-state index contributed by atoms with van der Waals surface area (Å²) in [6.07, 6.45) is 5.34. The molecule has 1 saturated carbocycles. The predicted molar refractivity (Wildman–Crippen MR) is 121 cm³/mol. The van der Waals surface area contributed by atoms with E-state index < -0.39 is 5.82 Å². The molecule has 1 N–H and O–H groups in total. The molecule has 1 aliphatic rings. The third kappa shape index (κ3) is 4.85. The van der Waals surface area contributed by atoms with Crippen molar-refractivity contribution in [1.29, 1.82) is 0 Å². The minimum atomic E-state index is -0.505. The number of fused-ring (bicyclic) bond motifs is 1. The zero-order valence-electron chi connectivity index (χ0n) is 16.9. The number of ketones is 1. The summed E-state index contributed by atoms with van der Waals surface area (Å²) < 4.78 is 23.6. The number of aromatic nitrogens is 2. The molecule has 2 aromatic carbocycles. The van der Waals surface area contributed by atoms with Crippen molar-refractivity contribution in [3.05, 3.63) is 62.6 Å². The quantitative estimate of drug-likeness (QED) is 0.319. The first-order chi connectivity index (χ1) is 15.0. The van der Waals surface area contributed by atoms with Gasteiger partial charge in [-0.3, -0.25) is 4.79 Å². The number of carbonyl (C=O) groups excluding carboxylic acids is 1. The summed E-state index contributed by atoms with van der Waals surface area (Å²) in [5.41, 5.74) is 2.10. The molecule has 0 radical (unpaired) electrons. The van der Waals surface area contributed by atoms with Crippen LogP contribution in [0.25, 0.3) is 11.0 Å². The lowest BCUT2D eigenvalue weighted by Crippen LogP contribution is -2.18. The van der Waals surface area contributed by atoms with Crippen molar-refractivity contribution in [2.75, 3.05) is 19.8 Å². The van der Waals surface area contributed by atoms with E-state index >= 15 is 4.39 Å². The van der Waals surface area contributed by atoms with Crippen LogP contribution in [-0.4, -0.2) is 40.3 Å². The lowest BCUT2D eigenvalue weighted by atomic mass is 9.85.